The zero-order chi connectivity index (χ0) is 18.6. The van der Waals surface area contributed by atoms with Crippen LogP contribution in [0.4, 0.5) is 0 Å². The lowest BCUT2D eigenvalue weighted by molar-refractivity contribution is -0.137. The summed E-state index contributed by atoms with van der Waals surface area (Å²) >= 11 is 0. The highest BCUT2D eigenvalue weighted by molar-refractivity contribution is 5.75. The van der Waals surface area contributed by atoms with E-state index in [0.717, 1.165) is 32.2 Å². The van der Waals surface area contributed by atoms with Crippen LogP contribution in [-0.4, -0.2) is 23.5 Å². The molecule has 0 saturated heterocycles. The van der Waals surface area contributed by atoms with Crippen LogP contribution in [0, 0.1) is 0 Å². The third-order valence-electron chi connectivity index (χ3n) is 4.62. The van der Waals surface area contributed by atoms with Crippen LogP contribution >= 0.6 is 0 Å². The number of rotatable bonds is 19. The maximum atomic E-state index is 11.4. The maximum absolute atomic E-state index is 11.4. The first-order valence-corrected chi connectivity index (χ1v) is 10.6. The number of carboxylic acid groups (broad SMARTS) is 1. The van der Waals surface area contributed by atoms with E-state index in [1.54, 1.807) is 0 Å². The molecule has 0 spiro atoms. The molecule has 0 aliphatic heterocycles. The molecule has 0 bridgehead atoms. The smallest absolute Gasteiger partial charge is 0.303 e. The molecule has 0 rings (SSSR count). The quantitative estimate of drug-likeness (QED) is 0.286. The van der Waals surface area contributed by atoms with Gasteiger partial charge in [-0.05, 0) is 19.3 Å². The van der Waals surface area contributed by atoms with Crippen molar-refractivity contribution in [2.24, 2.45) is 0 Å². The number of hydrogen-bond acceptors (Lipinski definition) is 2. The van der Waals surface area contributed by atoms with Gasteiger partial charge in [0.25, 0.3) is 0 Å². The fourth-order valence-corrected chi connectivity index (χ4v) is 3.04. The van der Waals surface area contributed by atoms with E-state index in [0.29, 0.717) is 12.8 Å². The first-order chi connectivity index (χ1) is 12.2. The molecule has 0 aromatic heterocycles. The van der Waals surface area contributed by atoms with Crippen LogP contribution in [0.3, 0.4) is 0 Å². The van der Waals surface area contributed by atoms with Crippen LogP contribution in [0.2, 0.25) is 0 Å². The van der Waals surface area contributed by atoms with E-state index in [2.05, 4.69) is 12.2 Å². The summed E-state index contributed by atoms with van der Waals surface area (Å²) in [5.41, 5.74) is 0. The van der Waals surface area contributed by atoms with Crippen molar-refractivity contribution in [1.29, 1.82) is 0 Å². The second-order valence-corrected chi connectivity index (χ2v) is 7.19. The van der Waals surface area contributed by atoms with E-state index in [1.807, 2.05) is 0 Å². The largest absolute Gasteiger partial charge is 0.481 e. The molecule has 0 saturated carbocycles. The van der Waals surface area contributed by atoms with Crippen molar-refractivity contribution in [2.75, 3.05) is 6.54 Å². The van der Waals surface area contributed by atoms with Gasteiger partial charge in [0.15, 0.2) is 0 Å². The normalized spacial score (nSPS) is 10.8. The molecule has 1 amide bonds. The van der Waals surface area contributed by atoms with Gasteiger partial charge in [-0.25, -0.2) is 0 Å². The summed E-state index contributed by atoms with van der Waals surface area (Å²) in [5.74, 6) is -0.457. The number of unbranched alkanes of at least 4 members (excludes halogenated alkanes) is 13. The molecule has 0 radical (unpaired) electrons. The highest BCUT2D eigenvalue weighted by Crippen LogP contribution is 2.13. The summed E-state index contributed by atoms with van der Waals surface area (Å²) in [7, 11) is 0. The fourth-order valence-electron chi connectivity index (χ4n) is 3.04. The van der Waals surface area contributed by atoms with Crippen LogP contribution in [0.15, 0.2) is 0 Å². The average molecular weight is 356 g/mol. The monoisotopic (exact) mass is 355 g/mol. The number of carbonyl (C=O) groups excluding carboxylic acids is 1. The lowest BCUT2D eigenvalue weighted by atomic mass is 10.0. The second-order valence-electron chi connectivity index (χ2n) is 7.19. The third kappa shape index (κ3) is 20.9. The maximum Gasteiger partial charge on any atom is 0.303 e. The molecule has 4 nitrogen and oxygen atoms in total. The van der Waals surface area contributed by atoms with Crippen molar-refractivity contribution in [3.8, 4) is 0 Å². The summed E-state index contributed by atoms with van der Waals surface area (Å²) in [5, 5.41) is 11.5. The number of carbonyl (C=O) groups is 2. The van der Waals surface area contributed by atoms with Crippen molar-refractivity contribution in [2.45, 2.75) is 116 Å². The summed E-state index contributed by atoms with van der Waals surface area (Å²) < 4.78 is 0. The van der Waals surface area contributed by atoms with E-state index in [-0.39, 0.29) is 5.91 Å². The van der Waals surface area contributed by atoms with E-state index >= 15 is 0 Å². The highest BCUT2D eigenvalue weighted by Gasteiger charge is 2.00. The topological polar surface area (TPSA) is 66.4 Å². The minimum absolute atomic E-state index is 0.212. The molecule has 0 aliphatic carbocycles. The van der Waals surface area contributed by atoms with Gasteiger partial charge in [-0.3, -0.25) is 9.59 Å². The van der Waals surface area contributed by atoms with Crippen LogP contribution in [0.5, 0.6) is 0 Å². The molecule has 0 aromatic carbocycles. The predicted octanol–water partition coefficient (Wildman–Crippen LogP) is 5.84. The lowest BCUT2D eigenvalue weighted by Crippen LogP contribution is -2.23. The second kappa shape index (κ2) is 19.3. The summed E-state index contributed by atoms with van der Waals surface area (Å²) in [6, 6.07) is 0. The molecule has 4 heteroatoms. The Bertz CT molecular complexity index is 318. The van der Waals surface area contributed by atoms with E-state index < -0.39 is 5.97 Å². The van der Waals surface area contributed by atoms with Gasteiger partial charge in [-0.15, -0.1) is 0 Å². The molecule has 25 heavy (non-hydrogen) atoms. The molecule has 0 atom stereocenters. The fraction of sp³-hybridized carbons (Fsp3) is 0.905. The van der Waals surface area contributed by atoms with Gasteiger partial charge in [0.1, 0.15) is 0 Å². The summed E-state index contributed by atoms with van der Waals surface area (Å²) in [4.78, 5) is 21.8. The Kier molecular flexibility index (Phi) is 18.5. The van der Waals surface area contributed by atoms with Crippen LogP contribution < -0.4 is 5.32 Å². The van der Waals surface area contributed by atoms with Crippen molar-refractivity contribution < 1.29 is 14.7 Å². The summed E-state index contributed by atoms with van der Waals surface area (Å²) in [6.45, 7) is 2.88. The Labute approximate surface area is 155 Å². The van der Waals surface area contributed by atoms with Crippen LogP contribution in [0.1, 0.15) is 116 Å². The zero-order valence-corrected chi connectivity index (χ0v) is 16.5. The molecule has 2 N–H and O–H groups in total. The molecule has 0 unspecified atom stereocenters. The van der Waals surface area contributed by atoms with Crippen LogP contribution in [-0.2, 0) is 9.59 Å². The molecule has 0 aromatic rings. The Balaban J connectivity index is 3.07. The van der Waals surface area contributed by atoms with Gasteiger partial charge >= 0.3 is 5.97 Å². The Morgan fingerprint density at radius 2 is 1.00 bits per heavy atom. The van der Waals surface area contributed by atoms with Crippen molar-refractivity contribution >= 4 is 11.9 Å². The third-order valence-corrected chi connectivity index (χ3v) is 4.62. The van der Waals surface area contributed by atoms with Gasteiger partial charge < -0.3 is 10.4 Å². The highest BCUT2D eigenvalue weighted by atomic mass is 16.4. The zero-order valence-electron chi connectivity index (χ0n) is 16.5. The van der Waals surface area contributed by atoms with Gasteiger partial charge in [0, 0.05) is 19.4 Å². The van der Waals surface area contributed by atoms with E-state index in [4.69, 9.17) is 5.11 Å². The number of hydrogen-bond donors (Lipinski definition) is 2. The molecule has 0 aliphatic rings. The Morgan fingerprint density at radius 1 is 0.640 bits per heavy atom. The molecular formula is C21H41NO3. The summed E-state index contributed by atoms with van der Waals surface area (Å²) in [6.07, 6.45) is 19.1. The standard InChI is InChI=1S/C21H41NO3/c1-2-19-22-20(23)17-15-13-11-9-7-5-3-4-6-8-10-12-14-16-18-21(24)25/h2-19H2,1H3,(H,22,23)(H,24,25). The molecule has 0 heterocycles. The van der Waals surface area contributed by atoms with E-state index in [9.17, 15) is 9.59 Å². The minimum Gasteiger partial charge on any atom is -0.481 e. The van der Waals surface area contributed by atoms with Crippen molar-refractivity contribution in [1.82, 2.24) is 5.32 Å². The Morgan fingerprint density at radius 3 is 1.36 bits per heavy atom. The van der Waals surface area contributed by atoms with Crippen LogP contribution in [0.25, 0.3) is 0 Å². The van der Waals surface area contributed by atoms with Crippen molar-refractivity contribution in [3.05, 3.63) is 0 Å². The average Bonchev–Trinajstić information content (AvgIpc) is 2.59. The molecule has 0 fully saturated rings. The SMILES string of the molecule is CCCNC(=O)CCCCCCCCCCCCCCCCC(=O)O. The lowest BCUT2D eigenvalue weighted by Gasteiger charge is -2.04. The van der Waals surface area contributed by atoms with Gasteiger partial charge in [0.05, 0.1) is 0 Å². The number of aliphatic carboxylic acids is 1. The minimum atomic E-state index is -0.669. The van der Waals surface area contributed by atoms with Crippen molar-refractivity contribution in [3.63, 3.8) is 0 Å². The van der Waals surface area contributed by atoms with Gasteiger partial charge in [-0.2, -0.15) is 0 Å². The van der Waals surface area contributed by atoms with E-state index in [1.165, 1.54) is 70.6 Å². The number of nitrogens with one attached hydrogen (secondary N) is 1. The number of amides is 1. The Hall–Kier alpha value is -1.06. The predicted molar refractivity (Wildman–Crippen MR) is 105 cm³/mol. The number of carboxylic acids is 1. The van der Waals surface area contributed by atoms with Gasteiger partial charge in [0.2, 0.25) is 5.91 Å². The molecular weight excluding hydrogens is 314 g/mol. The molecule has 148 valence electrons. The first kappa shape index (κ1) is 23.9. The van der Waals surface area contributed by atoms with Gasteiger partial charge in [-0.1, -0.05) is 84.0 Å². The first-order valence-electron chi connectivity index (χ1n) is 10.6.